The fraction of sp³-hybridized carbons (Fsp3) is 0.647. The Labute approximate surface area is 146 Å². The van der Waals surface area contributed by atoms with E-state index in [4.69, 9.17) is 4.74 Å². The van der Waals surface area contributed by atoms with Crippen molar-refractivity contribution >= 4 is 5.91 Å². The molecular formula is C17H24N6O2. The summed E-state index contributed by atoms with van der Waals surface area (Å²) in [5.74, 6) is 2.11. The highest BCUT2D eigenvalue weighted by Gasteiger charge is 2.41. The molecule has 1 amide bonds. The number of rotatable bonds is 4. The van der Waals surface area contributed by atoms with E-state index in [-0.39, 0.29) is 18.1 Å². The molecule has 2 atom stereocenters. The molecule has 0 aliphatic carbocycles. The van der Waals surface area contributed by atoms with Crippen LogP contribution in [-0.4, -0.2) is 55.5 Å². The number of aromatic amines is 1. The summed E-state index contributed by atoms with van der Waals surface area (Å²) >= 11 is 0. The summed E-state index contributed by atoms with van der Waals surface area (Å²) in [6.07, 6.45) is 2.79. The van der Waals surface area contributed by atoms with Gasteiger partial charge in [-0.25, -0.2) is 0 Å². The number of fused-ring (bicyclic) bond motifs is 1. The molecule has 4 rings (SSSR count). The first kappa shape index (κ1) is 16.3. The zero-order valence-corrected chi connectivity index (χ0v) is 14.9. The molecule has 0 spiro atoms. The summed E-state index contributed by atoms with van der Waals surface area (Å²) in [5, 5.41) is 15.9. The zero-order valence-electron chi connectivity index (χ0n) is 14.9. The van der Waals surface area contributed by atoms with E-state index in [2.05, 4.69) is 38.8 Å². The maximum absolute atomic E-state index is 13.1. The molecule has 0 bridgehead atoms. The molecule has 0 radical (unpaired) electrons. The van der Waals surface area contributed by atoms with Gasteiger partial charge in [0.2, 0.25) is 0 Å². The number of likely N-dealkylation sites (tertiary alicyclic amines) is 1. The second kappa shape index (κ2) is 6.25. The fourth-order valence-electron chi connectivity index (χ4n) is 3.75. The Morgan fingerprint density at radius 1 is 1.40 bits per heavy atom. The van der Waals surface area contributed by atoms with Gasteiger partial charge in [-0.2, -0.15) is 5.10 Å². The first-order valence-electron chi connectivity index (χ1n) is 8.89. The maximum atomic E-state index is 13.1. The first-order chi connectivity index (χ1) is 12.1. The molecule has 2 aliphatic heterocycles. The van der Waals surface area contributed by atoms with Gasteiger partial charge in [-0.05, 0) is 18.4 Å². The van der Waals surface area contributed by atoms with Gasteiger partial charge in [0.15, 0.2) is 5.82 Å². The Kier molecular flexibility index (Phi) is 4.07. The lowest BCUT2D eigenvalue weighted by molar-refractivity contribution is 0.0677. The van der Waals surface area contributed by atoms with Crippen molar-refractivity contribution in [2.75, 3.05) is 13.7 Å². The minimum absolute atomic E-state index is 0.00631. The molecule has 2 aromatic heterocycles. The highest BCUT2D eigenvalue weighted by molar-refractivity contribution is 5.93. The Morgan fingerprint density at radius 2 is 2.24 bits per heavy atom. The van der Waals surface area contributed by atoms with E-state index in [1.807, 2.05) is 11.0 Å². The van der Waals surface area contributed by atoms with Crippen molar-refractivity contribution in [1.82, 2.24) is 29.9 Å². The van der Waals surface area contributed by atoms with Crippen molar-refractivity contribution in [1.29, 1.82) is 0 Å². The Balaban J connectivity index is 1.64. The molecule has 1 N–H and O–H groups in total. The van der Waals surface area contributed by atoms with Gasteiger partial charge in [0.25, 0.3) is 5.91 Å². The number of aromatic nitrogens is 5. The van der Waals surface area contributed by atoms with Crippen molar-refractivity contribution in [3.05, 3.63) is 29.1 Å². The molecule has 0 saturated carbocycles. The van der Waals surface area contributed by atoms with Crippen molar-refractivity contribution < 1.29 is 9.53 Å². The van der Waals surface area contributed by atoms with Gasteiger partial charge < -0.3 is 14.2 Å². The van der Waals surface area contributed by atoms with Crippen LogP contribution < -0.4 is 0 Å². The molecular weight excluding hydrogens is 320 g/mol. The van der Waals surface area contributed by atoms with Crippen molar-refractivity contribution in [3.8, 4) is 0 Å². The molecule has 2 aromatic rings. The summed E-state index contributed by atoms with van der Waals surface area (Å²) in [4.78, 5) is 14.9. The summed E-state index contributed by atoms with van der Waals surface area (Å²) < 4.78 is 7.70. The third-order valence-corrected chi connectivity index (χ3v) is 5.23. The second-order valence-corrected chi connectivity index (χ2v) is 7.16. The number of H-pyrrole nitrogens is 1. The van der Waals surface area contributed by atoms with Crippen LogP contribution in [0.25, 0.3) is 0 Å². The largest absolute Gasteiger partial charge is 0.380 e. The quantitative estimate of drug-likeness (QED) is 0.911. The fourth-order valence-corrected chi connectivity index (χ4v) is 3.75. The van der Waals surface area contributed by atoms with Gasteiger partial charge in [0.1, 0.15) is 11.5 Å². The summed E-state index contributed by atoms with van der Waals surface area (Å²) in [5.41, 5.74) is 1.41. The van der Waals surface area contributed by atoms with E-state index in [1.165, 1.54) is 0 Å². The van der Waals surface area contributed by atoms with Crippen LogP contribution in [0.5, 0.6) is 0 Å². The minimum Gasteiger partial charge on any atom is -0.380 e. The first-order valence-corrected chi connectivity index (χ1v) is 8.89. The van der Waals surface area contributed by atoms with Crippen LogP contribution in [0.15, 0.2) is 6.07 Å². The van der Waals surface area contributed by atoms with Crippen LogP contribution in [0.1, 0.15) is 66.5 Å². The third-order valence-electron chi connectivity index (χ3n) is 5.23. The second-order valence-electron chi connectivity index (χ2n) is 7.16. The normalized spacial score (nSPS) is 22.8. The van der Waals surface area contributed by atoms with Gasteiger partial charge in [-0.15, -0.1) is 10.2 Å². The Morgan fingerprint density at radius 3 is 2.96 bits per heavy atom. The molecule has 8 heteroatoms. The highest BCUT2D eigenvalue weighted by atomic mass is 16.5. The summed E-state index contributed by atoms with van der Waals surface area (Å²) in [7, 11) is 1.69. The number of carbonyl (C=O) groups is 1. The molecule has 0 aromatic carbocycles. The average molecular weight is 344 g/mol. The van der Waals surface area contributed by atoms with Crippen LogP contribution in [0, 0.1) is 0 Å². The monoisotopic (exact) mass is 344 g/mol. The molecule has 2 aliphatic rings. The summed E-state index contributed by atoms with van der Waals surface area (Å²) in [6, 6.07) is 1.73. The van der Waals surface area contributed by atoms with E-state index < -0.39 is 0 Å². The lowest BCUT2D eigenvalue weighted by atomic mass is 10.1. The number of carbonyl (C=O) groups excluding carboxylic acids is 1. The summed E-state index contributed by atoms with van der Waals surface area (Å²) in [6.45, 7) is 5.61. The van der Waals surface area contributed by atoms with Crippen LogP contribution in [-0.2, 0) is 17.7 Å². The zero-order chi connectivity index (χ0) is 17.6. The van der Waals surface area contributed by atoms with E-state index in [0.717, 1.165) is 43.1 Å². The van der Waals surface area contributed by atoms with Gasteiger partial charge in [0.05, 0.1) is 12.1 Å². The van der Waals surface area contributed by atoms with Gasteiger partial charge >= 0.3 is 0 Å². The Bertz CT molecular complexity index is 780. The SMILES string of the molecule is CO[C@@H]1C[C@@H](c2nnc3n2CCC3)N(C(=O)c2cc(C(C)C)[nH]n2)C1. The molecule has 0 unspecified atom stereocenters. The lowest BCUT2D eigenvalue weighted by Gasteiger charge is -2.23. The van der Waals surface area contributed by atoms with E-state index >= 15 is 0 Å². The van der Waals surface area contributed by atoms with E-state index in [0.29, 0.717) is 18.2 Å². The number of nitrogens with one attached hydrogen (secondary N) is 1. The number of hydrogen-bond donors (Lipinski definition) is 1. The van der Waals surface area contributed by atoms with E-state index in [9.17, 15) is 4.79 Å². The lowest BCUT2D eigenvalue weighted by Crippen LogP contribution is -2.33. The van der Waals surface area contributed by atoms with Gasteiger partial charge in [0, 0.05) is 38.7 Å². The predicted octanol–water partition coefficient (Wildman–Crippen LogP) is 1.67. The van der Waals surface area contributed by atoms with Crippen LogP contribution in [0.4, 0.5) is 0 Å². The molecule has 4 heterocycles. The number of aryl methyl sites for hydroxylation is 1. The number of nitrogens with zero attached hydrogens (tertiary/aromatic N) is 5. The Hall–Kier alpha value is -2.22. The average Bonchev–Trinajstić information content (AvgIpc) is 3.34. The third kappa shape index (κ3) is 2.74. The van der Waals surface area contributed by atoms with Crippen molar-refractivity contribution in [3.63, 3.8) is 0 Å². The van der Waals surface area contributed by atoms with E-state index in [1.54, 1.807) is 7.11 Å². The molecule has 1 fully saturated rings. The predicted molar refractivity (Wildman–Crippen MR) is 90.2 cm³/mol. The number of hydrogen-bond acceptors (Lipinski definition) is 5. The molecule has 25 heavy (non-hydrogen) atoms. The van der Waals surface area contributed by atoms with Gasteiger partial charge in [-0.3, -0.25) is 9.89 Å². The molecule has 8 nitrogen and oxygen atoms in total. The molecule has 1 saturated heterocycles. The number of methoxy groups -OCH3 is 1. The van der Waals surface area contributed by atoms with Crippen LogP contribution in [0.2, 0.25) is 0 Å². The smallest absolute Gasteiger partial charge is 0.275 e. The van der Waals surface area contributed by atoms with Crippen LogP contribution in [0.3, 0.4) is 0 Å². The van der Waals surface area contributed by atoms with Crippen molar-refractivity contribution in [2.24, 2.45) is 0 Å². The highest BCUT2D eigenvalue weighted by Crippen LogP contribution is 2.35. The minimum atomic E-state index is -0.115. The van der Waals surface area contributed by atoms with Crippen LogP contribution >= 0.6 is 0 Å². The number of ether oxygens (including phenoxy) is 1. The van der Waals surface area contributed by atoms with Crippen molar-refractivity contribution in [2.45, 2.75) is 57.7 Å². The topological polar surface area (TPSA) is 88.9 Å². The van der Waals surface area contributed by atoms with Gasteiger partial charge in [-0.1, -0.05) is 13.8 Å². The molecule has 134 valence electrons. The standard InChI is InChI=1S/C17H24N6O2/c1-10(2)12-8-13(19-18-12)17(24)23-9-11(25-3)7-14(23)16-21-20-15-5-4-6-22(15)16/h8,10-11,14H,4-7,9H2,1-3H3,(H,18,19)/t11-,14+/m1/s1. The number of amides is 1. The maximum Gasteiger partial charge on any atom is 0.275 e.